The quantitative estimate of drug-likeness (QED) is 0.833. The van der Waals surface area contributed by atoms with E-state index in [0.29, 0.717) is 13.1 Å². The summed E-state index contributed by atoms with van der Waals surface area (Å²) in [7, 11) is 0. The lowest BCUT2D eigenvalue weighted by atomic mass is 10.1. The minimum atomic E-state index is -0.979. The predicted molar refractivity (Wildman–Crippen MR) is 77.5 cm³/mol. The molecule has 1 atom stereocenters. The molecule has 1 aliphatic rings. The smallest absolute Gasteiger partial charge is 0.326 e. The van der Waals surface area contributed by atoms with Crippen LogP contribution in [-0.4, -0.2) is 51.6 Å². The third kappa shape index (κ3) is 4.93. The van der Waals surface area contributed by atoms with Crippen molar-refractivity contribution in [2.75, 3.05) is 18.8 Å². The lowest BCUT2D eigenvalue weighted by molar-refractivity contribution is -0.140. The van der Waals surface area contributed by atoms with Gasteiger partial charge in [-0.15, -0.1) is 0 Å². The molecule has 110 valence electrons. The summed E-state index contributed by atoms with van der Waals surface area (Å²) in [5.74, 6) is -0.216. The maximum atomic E-state index is 12.1. The number of hydrogen-bond acceptors (Lipinski definition) is 3. The van der Waals surface area contributed by atoms with Crippen LogP contribution in [0, 0.1) is 5.92 Å². The predicted octanol–water partition coefficient (Wildman–Crippen LogP) is 2.02. The summed E-state index contributed by atoms with van der Waals surface area (Å²) in [6, 6.07) is -1.09. The minimum absolute atomic E-state index is 0.126. The van der Waals surface area contributed by atoms with E-state index in [0.717, 1.165) is 12.2 Å². The SMILES string of the molecule is CC(C)[C@H](NC(=O)N1CCSC(C)(C)CC1)C(=O)O. The van der Waals surface area contributed by atoms with E-state index < -0.39 is 12.0 Å². The number of carboxylic acids is 1. The summed E-state index contributed by atoms with van der Waals surface area (Å²) in [5, 5.41) is 11.7. The molecule has 0 aromatic carbocycles. The van der Waals surface area contributed by atoms with Crippen molar-refractivity contribution in [2.24, 2.45) is 5.92 Å². The molecule has 1 heterocycles. The Morgan fingerprint density at radius 2 is 1.95 bits per heavy atom. The number of hydrogen-bond donors (Lipinski definition) is 2. The van der Waals surface area contributed by atoms with Crippen LogP contribution in [0.4, 0.5) is 4.79 Å². The van der Waals surface area contributed by atoms with Crippen LogP contribution in [0.3, 0.4) is 0 Å². The maximum absolute atomic E-state index is 12.1. The lowest BCUT2D eigenvalue weighted by Crippen LogP contribution is -2.50. The van der Waals surface area contributed by atoms with Crippen molar-refractivity contribution < 1.29 is 14.7 Å². The molecule has 0 aromatic heterocycles. The monoisotopic (exact) mass is 288 g/mol. The number of aliphatic carboxylic acids is 1. The fraction of sp³-hybridized carbons (Fsp3) is 0.846. The summed E-state index contributed by atoms with van der Waals surface area (Å²) in [6.45, 7) is 9.28. The van der Waals surface area contributed by atoms with Gasteiger partial charge in [0.15, 0.2) is 0 Å². The van der Waals surface area contributed by atoms with Crippen molar-refractivity contribution in [1.29, 1.82) is 0 Å². The first-order valence-electron chi connectivity index (χ1n) is 6.65. The molecule has 2 N–H and O–H groups in total. The highest BCUT2D eigenvalue weighted by molar-refractivity contribution is 8.00. The van der Waals surface area contributed by atoms with Gasteiger partial charge < -0.3 is 15.3 Å². The van der Waals surface area contributed by atoms with Gasteiger partial charge in [0.1, 0.15) is 6.04 Å². The Bertz CT molecular complexity index is 345. The van der Waals surface area contributed by atoms with Crippen LogP contribution in [0.1, 0.15) is 34.1 Å². The zero-order valence-electron chi connectivity index (χ0n) is 12.1. The molecule has 0 aromatic rings. The van der Waals surface area contributed by atoms with Gasteiger partial charge in [-0.25, -0.2) is 9.59 Å². The Morgan fingerprint density at radius 3 is 2.47 bits per heavy atom. The van der Waals surface area contributed by atoms with E-state index in [1.54, 1.807) is 18.7 Å². The van der Waals surface area contributed by atoms with E-state index in [1.807, 2.05) is 11.8 Å². The number of carbonyl (C=O) groups is 2. The Morgan fingerprint density at radius 1 is 1.32 bits per heavy atom. The largest absolute Gasteiger partial charge is 0.480 e. The molecule has 1 fully saturated rings. The van der Waals surface area contributed by atoms with Crippen molar-refractivity contribution in [3.8, 4) is 0 Å². The van der Waals surface area contributed by atoms with Crippen LogP contribution >= 0.6 is 11.8 Å². The Balaban J connectivity index is 2.60. The number of rotatable bonds is 3. The van der Waals surface area contributed by atoms with Crippen molar-refractivity contribution in [1.82, 2.24) is 10.2 Å². The molecule has 5 nitrogen and oxygen atoms in total. The number of thioether (sulfide) groups is 1. The van der Waals surface area contributed by atoms with Gasteiger partial charge >= 0.3 is 12.0 Å². The highest BCUT2D eigenvalue weighted by Gasteiger charge is 2.29. The van der Waals surface area contributed by atoms with Crippen LogP contribution in [0.25, 0.3) is 0 Å². The lowest BCUT2D eigenvalue weighted by Gasteiger charge is -2.25. The Hall–Kier alpha value is -0.910. The van der Waals surface area contributed by atoms with Crippen molar-refractivity contribution in [3.63, 3.8) is 0 Å². The molecule has 0 aliphatic carbocycles. The van der Waals surface area contributed by atoms with Gasteiger partial charge in [0.2, 0.25) is 0 Å². The normalized spacial score (nSPS) is 20.8. The molecule has 0 saturated carbocycles. The van der Waals surface area contributed by atoms with E-state index in [-0.39, 0.29) is 16.7 Å². The van der Waals surface area contributed by atoms with Crippen molar-refractivity contribution in [3.05, 3.63) is 0 Å². The summed E-state index contributed by atoms with van der Waals surface area (Å²) >= 11 is 1.86. The molecule has 19 heavy (non-hydrogen) atoms. The molecule has 1 saturated heterocycles. The van der Waals surface area contributed by atoms with Gasteiger partial charge in [-0.3, -0.25) is 0 Å². The number of nitrogens with zero attached hydrogens (tertiary/aromatic N) is 1. The molecule has 2 amide bonds. The summed E-state index contributed by atoms with van der Waals surface area (Å²) in [5.41, 5.74) is 0. The first kappa shape index (κ1) is 16.1. The summed E-state index contributed by atoms with van der Waals surface area (Å²) in [4.78, 5) is 24.9. The second-order valence-electron chi connectivity index (χ2n) is 5.85. The zero-order valence-corrected chi connectivity index (χ0v) is 12.9. The molecule has 1 rings (SSSR count). The molecule has 0 radical (unpaired) electrons. The number of amides is 2. The standard InChI is InChI=1S/C13H24N2O3S/c1-9(2)10(11(16)17)14-12(18)15-6-5-13(3,4)19-8-7-15/h9-10H,5-8H2,1-4H3,(H,14,18)(H,16,17)/t10-/m0/s1. The van der Waals surface area contributed by atoms with E-state index in [1.165, 1.54) is 0 Å². The minimum Gasteiger partial charge on any atom is -0.480 e. The topological polar surface area (TPSA) is 69.6 Å². The van der Waals surface area contributed by atoms with E-state index >= 15 is 0 Å². The fourth-order valence-corrected chi connectivity index (χ4v) is 3.06. The molecule has 6 heteroatoms. The maximum Gasteiger partial charge on any atom is 0.326 e. The third-order valence-corrected chi connectivity index (χ3v) is 4.71. The molecule has 1 aliphatic heterocycles. The van der Waals surface area contributed by atoms with Crippen LogP contribution in [0.5, 0.6) is 0 Å². The molecule has 0 unspecified atom stereocenters. The number of carbonyl (C=O) groups excluding carboxylic acids is 1. The Kier molecular flexibility index (Phi) is 5.52. The van der Waals surface area contributed by atoms with Gasteiger partial charge in [0.25, 0.3) is 0 Å². The molecule has 0 bridgehead atoms. The summed E-state index contributed by atoms with van der Waals surface area (Å²) < 4.78 is 0.180. The van der Waals surface area contributed by atoms with Crippen LogP contribution in [0.15, 0.2) is 0 Å². The third-order valence-electron chi connectivity index (χ3n) is 3.34. The van der Waals surface area contributed by atoms with E-state index in [2.05, 4.69) is 19.2 Å². The number of nitrogens with one attached hydrogen (secondary N) is 1. The van der Waals surface area contributed by atoms with Gasteiger partial charge in [0, 0.05) is 23.6 Å². The molecule has 0 spiro atoms. The summed E-state index contributed by atoms with van der Waals surface area (Å²) in [6.07, 6.45) is 0.921. The van der Waals surface area contributed by atoms with Crippen molar-refractivity contribution in [2.45, 2.75) is 44.9 Å². The fourth-order valence-electron chi connectivity index (χ4n) is 1.96. The average Bonchev–Trinajstić information content (AvgIpc) is 2.46. The highest BCUT2D eigenvalue weighted by atomic mass is 32.2. The van der Waals surface area contributed by atoms with Crippen LogP contribution in [-0.2, 0) is 4.79 Å². The van der Waals surface area contributed by atoms with E-state index in [9.17, 15) is 9.59 Å². The second-order valence-corrected chi connectivity index (χ2v) is 7.66. The van der Waals surface area contributed by atoms with Gasteiger partial charge in [-0.1, -0.05) is 27.7 Å². The zero-order chi connectivity index (χ0) is 14.6. The first-order chi connectivity index (χ1) is 8.73. The second kappa shape index (κ2) is 6.50. The first-order valence-corrected chi connectivity index (χ1v) is 7.64. The van der Waals surface area contributed by atoms with Crippen LogP contribution in [0.2, 0.25) is 0 Å². The Labute approximate surface area is 119 Å². The highest BCUT2D eigenvalue weighted by Crippen LogP contribution is 2.30. The van der Waals surface area contributed by atoms with Gasteiger partial charge in [0.05, 0.1) is 0 Å². The van der Waals surface area contributed by atoms with Gasteiger partial charge in [-0.05, 0) is 12.3 Å². The van der Waals surface area contributed by atoms with Crippen molar-refractivity contribution >= 4 is 23.8 Å². The number of carboxylic acid groups (broad SMARTS) is 1. The van der Waals surface area contributed by atoms with Crippen LogP contribution < -0.4 is 5.32 Å². The number of urea groups is 1. The van der Waals surface area contributed by atoms with Gasteiger partial charge in [-0.2, -0.15) is 11.8 Å². The molecular weight excluding hydrogens is 264 g/mol. The average molecular weight is 288 g/mol. The van der Waals surface area contributed by atoms with E-state index in [4.69, 9.17) is 5.11 Å². The molecular formula is C13H24N2O3S.